The molecule has 1 aliphatic heterocycles. The number of unbranched alkanes of at least 4 members (excludes halogenated alkanes) is 34. The molecule has 68 heavy (non-hydrogen) atoms. The summed E-state index contributed by atoms with van der Waals surface area (Å²) in [6, 6.07) is 17.5. The van der Waals surface area contributed by atoms with Crippen LogP contribution in [0.5, 0.6) is 0 Å². The molecule has 2 aromatic rings. The van der Waals surface area contributed by atoms with Gasteiger partial charge >= 0.3 is 16.5 Å². The maximum atomic E-state index is 11.2. The summed E-state index contributed by atoms with van der Waals surface area (Å²) in [6.07, 6.45) is 59.5. The van der Waals surface area contributed by atoms with Crippen LogP contribution in [0.25, 0.3) is 16.9 Å². The van der Waals surface area contributed by atoms with E-state index >= 15 is 0 Å². The molecular formula is C65H112N2Ni. The van der Waals surface area contributed by atoms with Crippen LogP contribution in [0.4, 0.5) is 0 Å². The summed E-state index contributed by atoms with van der Waals surface area (Å²) in [6.45, 7) is 19.0. The van der Waals surface area contributed by atoms with Crippen LogP contribution < -0.4 is 0 Å². The smallest absolute Gasteiger partial charge is 0.493 e. The van der Waals surface area contributed by atoms with Crippen molar-refractivity contribution in [1.82, 2.24) is 0 Å². The van der Waals surface area contributed by atoms with E-state index in [1.807, 2.05) is 0 Å². The van der Waals surface area contributed by atoms with Gasteiger partial charge in [-0.15, -0.1) is 0 Å². The van der Waals surface area contributed by atoms with E-state index in [9.17, 15) is 5.53 Å². The molecule has 0 radical (unpaired) electrons. The van der Waals surface area contributed by atoms with Gasteiger partial charge in [0, 0.05) is 22.8 Å². The third-order valence-corrected chi connectivity index (χ3v) is 13.9. The quantitative estimate of drug-likeness (QED) is 0.0274. The van der Waals surface area contributed by atoms with E-state index in [-0.39, 0.29) is 16.5 Å². The van der Waals surface area contributed by atoms with Crippen molar-refractivity contribution in [2.75, 3.05) is 0 Å². The Hall–Kier alpha value is -1.99. The zero-order valence-electron chi connectivity index (χ0n) is 46.0. The largest absolute Gasteiger partial charge is 2.00 e. The summed E-state index contributed by atoms with van der Waals surface area (Å²) in [5, 5.41) is 0. The molecule has 0 spiro atoms. The molecule has 1 heterocycles. The van der Waals surface area contributed by atoms with E-state index < -0.39 is 0 Å². The molecule has 1 aliphatic rings. The second kappa shape index (κ2) is 50.0. The van der Waals surface area contributed by atoms with Gasteiger partial charge in [0.2, 0.25) is 11.4 Å². The van der Waals surface area contributed by atoms with Crippen molar-refractivity contribution in [1.29, 1.82) is 0 Å². The Labute approximate surface area is 436 Å². The van der Waals surface area contributed by atoms with E-state index in [0.29, 0.717) is 0 Å². The zero-order chi connectivity index (χ0) is 48.7. The minimum absolute atomic E-state index is 0. The van der Waals surface area contributed by atoms with Crippen LogP contribution >= 0.6 is 0 Å². The van der Waals surface area contributed by atoms with Gasteiger partial charge in [-0.2, -0.15) is 12.8 Å². The van der Waals surface area contributed by atoms with E-state index in [0.717, 1.165) is 67.5 Å². The third-order valence-electron chi connectivity index (χ3n) is 13.9. The average molecular weight is 980 g/mol. The number of rotatable bonds is 42. The zero-order valence-corrected chi connectivity index (χ0v) is 47.0. The monoisotopic (exact) mass is 979 g/mol. The maximum Gasteiger partial charge on any atom is 2.00 e. The van der Waals surface area contributed by atoms with Crippen molar-refractivity contribution in [2.45, 2.75) is 304 Å². The molecule has 0 saturated heterocycles. The molecule has 0 saturated carbocycles. The number of aryl methyl sites for hydroxylation is 2. The summed E-state index contributed by atoms with van der Waals surface area (Å²) < 4.78 is 1.41. The van der Waals surface area contributed by atoms with Crippen LogP contribution in [0, 0.1) is 13.8 Å². The molecule has 0 N–H and O–H groups in total. The number of hydrogen-bond donors (Lipinski definition) is 0. The summed E-state index contributed by atoms with van der Waals surface area (Å²) in [5.74, 6) is 0. The molecule has 392 valence electrons. The molecule has 2 aromatic carbocycles. The van der Waals surface area contributed by atoms with Gasteiger partial charge in [-0.25, -0.2) is 4.70 Å². The fourth-order valence-electron chi connectivity index (χ4n) is 9.35. The normalized spacial score (nSPS) is 12.1. The van der Waals surface area contributed by atoms with Crippen LogP contribution in [-0.2, 0) is 29.3 Å². The fourth-order valence-corrected chi connectivity index (χ4v) is 9.35. The first-order valence-electron chi connectivity index (χ1n) is 29.7. The first-order valence-corrected chi connectivity index (χ1v) is 29.7. The van der Waals surface area contributed by atoms with Crippen molar-refractivity contribution in [3.63, 3.8) is 0 Å². The molecule has 0 unspecified atom stereocenters. The van der Waals surface area contributed by atoms with Gasteiger partial charge in [0.15, 0.2) is 0 Å². The van der Waals surface area contributed by atoms with Crippen LogP contribution in [-0.4, -0.2) is 4.70 Å². The molecule has 0 bridgehead atoms. The second-order valence-corrected chi connectivity index (χ2v) is 20.4. The first kappa shape index (κ1) is 66.0. The van der Waals surface area contributed by atoms with Crippen LogP contribution in [0.2, 0.25) is 0 Å². The summed E-state index contributed by atoms with van der Waals surface area (Å²) in [7, 11) is 0. The van der Waals surface area contributed by atoms with E-state index in [1.165, 1.54) is 246 Å². The molecular weight excluding hydrogens is 867 g/mol. The predicted molar refractivity (Wildman–Crippen MR) is 303 cm³/mol. The van der Waals surface area contributed by atoms with Gasteiger partial charge < -0.3 is 19.4 Å². The minimum atomic E-state index is 0. The Bertz CT molecular complexity index is 1370. The molecule has 0 atom stereocenters. The third kappa shape index (κ3) is 35.2. The molecule has 3 heteroatoms. The number of hydrogen-bond acceptors (Lipinski definition) is 0. The van der Waals surface area contributed by atoms with Gasteiger partial charge in [-0.1, -0.05) is 277 Å². The first-order chi connectivity index (χ1) is 33.0. The molecule has 3 rings (SSSR count). The Morgan fingerprint density at radius 3 is 0.956 bits per heavy atom. The van der Waals surface area contributed by atoms with Crippen LogP contribution in [0.15, 0.2) is 60.2 Å². The Kier molecular flexibility index (Phi) is 48.5. The van der Waals surface area contributed by atoms with Crippen molar-refractivity contribution < 1.29 is 21.2 Å². The Balaban J connectivity index is 0.00000105. The number of nitrogens with zero attached hydrogens (tertiary/aromatic N) is 2. The van der Waals surface area contributed by atoms with Crippen molar-refractivity contribution in [3.8, 4) is 0 Å². The minimum Gasteiger partial charge on any atom is -0.493 e. The Morgan fingerprint density at radius 2 is 0.618 bits per heavy atom. The SMILES string of the molecule is CCCCCc1ccc(C2=C(CCCC)C=C(c3ccc(CCCC)cc3)[N+]2=[N-])cc1.[CH2-]CCCCCCCCCCCCCCCCC.[CH2-]CCCCCCCCCCCCCCCCC.[Ni+2]. The second-order valence-electron chi connectivity index (χ2n) is 20.4. The van der Waals surface area contributed by atoms with Crippen molar-refractivity contribution in [3.05, 3.63) is 102 Å². The van der Waals surface area contributed by atoms with E-state index in [2.05, 4.69) is 103 Å². The Morgan fingerprint density at radius 1 is 0.338 bits per heavy atom. The van der Waals surface area contributed by atoms with Gasteiger partial charge in [0.05, 0.1) is 0 Å². The van der Waals surface area contributed by atoms with Gasteiger partial charge in [-0.3, -0.25) is 0 Å². The fraction of sp³-hybridized carbons (Fsp3) is 0.723. The predicted octanol–water partition coefficient (Wildman–Crippen LogP) is 22.9. The van der Waals surface area contributed by atoms with Crippen molar-refractivity contribution in [2.24, 2.45) is 0 Å². The topological polar surface area (TPSA) is 25.3 Å². The van der Waals surface area contributed by atoms with Gasteiger partial charge in [-0.05, 0) is 73.9 Å². The summed E-state index contributed by atoms with van der Waals surface area (Å²) in [4.78, 5) is 0. The number of benzene rings is 2. The van der Waals surface area contributed by atoms with Gasteiger partial charge in [0.25, 0.3) is 0 Å². The maximum absolute atomic E-state index is 11.2. The number of allylic oxidation sites excluding steroid dienone is 2. The summed E-state index contributed by atoms with van der Waals surface area (Å²) >= 11 is 0. The molecule has 0 amide bonds. The van der Waals surface area contributed by atoms with Crippen LogP contribution in [0.3, 0.4) is 0 Å². The van der Waals surface area contributed by atoms with Gasteiger partial charge in [0.1, 0.15) is 0 Å². The van der Waals surface area contributed by atoms with Crippen LogP contribution in [0.1, 0.15) is 314 Å². The van der Waals surface area contributed by atoms with E-state index in [4.69, 9.17) is 0 Å². The molecule has 0 fully saturated rings. The van der Waals surface area contributed by atoms with Crippen molar-refractivity contribution >= 4 is 11.4 Å². The molecule has 0 aromatic heterocycles. The average Bonchev–Trinajstić information content (AvgIpc) is 3.68. The van der Waals surface area contributed by atoms with E-state index in [1.54, 1.807) is 0 Å². The standard InChI is InChI=1S/C29H38N2.2C18H37.Ni/c1-4-7-10-12-24-16-20-26(21-17-24)29-27(13-9-6-3)22-28(31(29)30)25-18-14-23(15-19-25)11-8-5-2;2*1-3-5-7-9-11-13-15-17-18-16-14-12-10-8-6-4-2;/h14-22H,4-13H2,1-3H3;2*1,3-18H2,2H3;/q;2*-1;+2. The summed E-state index contributed by atoms with van der Waals surface area (Å²) in [5.41, 5.74) is 19.2. The molecule has 2 nitrogen and oxygen atoms in total. The molecule has 0 aliphatic carbocycles.